The van der Waals surface area contributed by atoms with Gasteiger partial charge in [-0.25, -0.2) is 4.98 Å². The zero-order chi connectivity index (χ0) is 21.2. The van der Waals surface area contributed by atoms with Crippen molar-refractivity contribution in [3.05, 3.63) is 23.6 Å². The van der Waals surface area contributed by atoms with Crippen LogP contribution in [0, 0.1) is 11.4 Å². The third kappa shape index (κ3) is 3.84. The molecule has 1 aromatic heterocycles. The molecule has 162 valence electrons. The second kappa shape index (κ2) is 6.78. The fourth-order valence-electron chi connectivity index (χ4n) is 5.85. The number of aromatic nitrogens is 1. The summed E-state index contributed by atoms with van der Waals surface area (Å²) in [4.78, 5) is 7.42. The lowest BCUT2D eigenvalue weighted by Crippen LogP contribution is -2.63. The van der Waals surface area contributed by atoms with Crippen LogP contribution in [0.1, 0.15) is 45.1 Å². The predicted octanol–water partition coefficient (Wildman–Crippen LogP) is 2.74. The van der Waals surface area contributed by atoms with Crippen molar-refractivity contribution in [3.63, 3.8) is 0 Å². The molecule has 0 aromatic carbocycles. The summed E-state index contributed by atoms with van der Waals surface area (Å²) >= 11 is 0. The molecule has 0 amide bonds. The van der Waals surface area contributed by atoms with Crippen molar-refractivity contribution >= 4 is 5.82 Å². The molecule has 5 nitrogen and oxygen atoms in total. The van der Waals surface area contributed by atoms with E-state index in [4.69, 9.17) is 11.5 Å². The highest BCUT2D eigenvalue weighted by molar-refractivity contribution is 5.43. The molecule has 29 heavy (non-hydrogen) atoms. The second-order valence-electron chi connectivity index (χ2n) is 9.58. The first-order valence-corrected chi connectivity index (χ1v) is 10.2. The monoisotopic (exact) mass is 415 g/mol. The minimum absolute atomic E-state index is 0.166. The number of hydrogen-bond acceptors (Lipinski definition) is 5. The van der Waals surface area contributed by atoms with E-state index in [1.165, 1.54) is 4.90 Å². The number of halogens is 4. The largest absolute Gasteiger partial charge is 0.401 e. The first-order valence-electron chi connectivity index (χ1n) is 10.2. The molecular formula is C20H29F4N5. The van der Waals surface area contributed by atoms with Crippen LogP contribution in [-0.4, -0.2) is 53.8 Å². The lowest BCUT2D eigenvalue weighted by atomic mass is 9.46. The van der Waals surface area contributed by atoms with Gasteiger partial charge < -0.3 is 16.4 Å². The van der Waals surface area contributed by atoms with Crippen molar-refractivity contribution in [3.8, 4) is 0 Å². The van der Waals surface area contributed by atoms with E-state index in [1.54, 1.807) is 26.0 Å². The van der Waals surface area contributed by atoms with Gasteiger partial charge in [0.1, 0.15) is 5.82 Å². The maximum absolute atomic E-state index is 14.9. The highest BCUT2D eigenvalue weighted by Crippen LogP contribution is 2.62. The van der Waals surface area contributed by atoms with Crippen LogP contribution >= 0.6 is 0 Å². The highest BCUT2D eigenvalue weighted by Gasteiger charge is 2.59. The zero-order valence-electron chi connectivity index (χ0n) is 16.8. The summed E-state index contributed by atoms with van der Waals surface area (Å²) in [6.07, 6.45) is -0.920. The molecule has 3 aliphatic rings. The Balaban J connectivity index is 1.45. The van der Waals surface area contributed by atoms with Crippen molar-refractivity contribution in [2.45, 2.75) is 69.4 Å². The summed E-state index contributed by atoms with van der Waals surface area (Å²) in [5.41, 5.74) is 12.2. The third-order valence-corrected chi connectivity index (χ3v) is 6.93. The molecule has 2 aliphatic carbocycles. The lowest BCUT2D eigenvalue weighted by molar-refractivity contribution is -0.156. The van der Waals surface area contributed by atoms with Crippen molar-refractivity contribution in [1.29, 1.82) is 0 Å². The molecule has 2 atom stereocenters. The molecule has 4 N–H and O–H groups in total. The molecular weight excluding hydrogens is 386 g/mol. The molecule has 1 aliphatic heterocycles. The van der Waals surface area contributed by atoms with Crippen LogP contribution in [0.2, 0.25) is 0 Å². The van der Waals surface area contributed by atoms with Gasteiger partial charge in [-0.1, -0.05) is 0 Å². The molecule has 9 heteroatoms. The normalized spacial score (nSPS) is 38.1. The average Bonchev–Trinajstić information content (AvgIpc) is 2.54. The maximum Gasteiger partial charge on any atom is 0.401 e. The van der Waals surface area contributed by atoms with Gasteiger partial charge in [0.05, 0.1) is 6.54 Å². The third-order valence-electron chi connectivity index (χ3n) is 6.93. The molecule has 2 heterocycles. The van der Waals surface area contributed by atoms with Crippen molar-refractivity contribution in [2.24, 2.45) is 16.9 Å². The quantitative estimate of drug-likeness (QED) is 0.587. The molecule has 0 bridgehead atoms. The number of piperazine rings is 1. The van der Waals surface area contributed by atoms with Crippen LogP contribution in [0.4, 0.5) is 23.4 Å². The minimum Gasteiger partial charge on any atom is -0.353 e. The Labute approximate surface area is 168 Å². The summed E-state index contributed by atoms with van der Waals surface area (Å²) in [5.74, 6) is -0.138. The number of pyridine rings is 1. The SMILES string of the molecule is CC1CN(c2ccc(C3(N)CC4(CC(N)C4)C3)c(F)n2)CC(C)N1CC(F)(F)F. The molecule has 4 rings (SSSR count). The van der Waals surface area contributed by atoms with Crippen LogP contribution in [0.25, 0.3) is 0 Å². The molecule has 1 spiro atoms. The van der Waals surface area contributed by atoms with E-state index in [9.17, 15) is 17.6 Å². The first-order chi connectivity index (χ1) is 13.4. The van der Waals surface area contributed by atoms with Gasteiger partial charge in [0.25, 0.3) is 0 Å². The second-order valence-corrected chi connectivity index (χ2v) is 9.58. The number of hydrogen-bond donors (Lipinski definition) is 2. The van der Waals surface area contributed by atoms with Crippen LogP contribution in [0.5, 0.6) is 0 Å². The van der Waals surface area contributed by atoms with Gasteiger partial charge in [-0.3, -0.25) is 4.90 Å². The van der Waals surface area contributed by atoms with E-state index in [1.807, 2.05) is 4.90 Å². The smallest absolute Gasteiger partial charge is 0.353 e. The van der Waals surface area contributed by atoms with Gasteiger partial charge in [-0.2, -0.15) is 17.6 Å². The van der Waals surface area contributed by atoms with E-state index in [0.717, 1.165) is 25.7 Å². The Morgan fingerprint density at radius 1 is 1.14 bits per heavy atom. The Bertz CT molecular complexity index is 757. The molecule has 2 unspecified atom stereocenters. The zero-order valence-corrected chi connectivity index (χ0v) is 16.8. The summed E-state index contributed by atoms with van der Waals surface area (Å²) in [7, 11) is 0. The summed E-state index contributed by atoms with van der Waals surface area (Å²) in [6.45, 7) is 3.29. The van der Waals surface area contributed by atoms with Crippen molar-refractivity contribution in [1.82, 2.24) is 9.88 Å². The Morgan fingerprint density at radius 2 is 1.72 bits per heavy atom. The molecule has 2 saturated carbocycles. The van der Waals surface area contributed by atoms with Gasteiger partial charge in [0.2, 0.25) is 5.95 Å². The predicted molar refractivity (Wildman–Crippen MR) is 103 cm³/mol. The number of anilines is 1. The van der Waals surface area contributed by atoms with E-state index in [0.29, 0.717) is 24.5 Å². The molecule has 0 radical (unpaired) electrons. The van der Waals surface area contributed by atoms with Crippen LogP contribution in [0.3, 0.4) is 0 Å². The standard InChI is InChI=1S/C20H29F4N5/c1-12-7-28(8-13(2)29(12)11-20(22,23)24)16-4-3-15(17(21)27-16)19(26)9-18(10-19)5-14(25)6-18/h3-4,12-14H,5-11,25-26H2,1-2H3. The minimum atomic E-state index is -4.24. The number of alkyl halides is 3. The van der Waals surface area contributed by atoms with E-state index < -0.39 is 24.2 Å². The highest BCUT2D eigenvalue weighted by atomic mass is 19.4. The van der Waals surface area contributed by atoms with Gasteiger partial charge in [0.15, 0.2) is 0 Å². The topological polar surface area (TPSA) is 71.4 Å². The van der Waals surface area contributed by atoms with Crippen molar-refractivity contribution in [2.75, 3.05) is 24.5 Å². The van der Waals surface area contributed by atoms with Gasteiger partial charge in [-0.05, 0) is 57.1 Å². The summed E-state index contributed by atoms with van der Waals surface area (Å²) in [6, 6.07) is 3.02. The number of nitrogens with two attached hydrogens (primary N) is 2. The summed E-state index contributed by atoms with van der Waals surface area (Å²) in [5, 5.41) is 0. The van der Waals surface area contributed by atoms with E-state index >= 15 is 0 Å². The van der Waals surface area contributed by atoms with Gasteiger partial charge in [0, 0.05) is 42.3 Å². The fraction of sp³-hybridized carbons (Fsp3) is 0.750. The molecule has 1 aromatic rings. The van der Waals surface area contributed by atoms with Crippen LogP contribution in [0.15, 0.2) is 12.1 Å². The van der Waals surface area contributed by atoms with E-state index in [-0.39, 0.29) is 23.5 Å². The molecule has 1 saturated heterocycles. The molecule has 3 fully saturated rings. The Kier molecular flexibility index (Phi) is 4.87. The lowest BCUT2D eigenvalue weighted by Gasteiger charge is -2.61. The van der Waals surface area contributed by atoms with Crippen molar-refractivity contribution < 1.29 is 17.6 Å². The Hall–Kier alpha value is -1.45. The number of rotatable bonds is 3. The number of nitrogens with zero attached hydrogens (tertiary/aromatic N) is 3. The first kappa shape index (κ1) is 20.8. The fourth-order valence-corrected chi connectivity index (χ4v) is 5.85. The summed E-state index contributed by atoms with van der Waals surface area (Å²) < 4.78 is 53.3. The Morgan fingerprint density at radius 3 is 2.21 bits per heavy atom. The maximum atomic E-state index is 14.9. The van der Waals surface area contributed by atoms with Crippen LogP contribution < -0.4 is 16.4 Å². The van der Waals surface area contributed by atoms with Crippen LogP contribution in [-0.2, 0) is 5.54 Å². The van der Waals surface area contributed by atoms with Gasteiger partial charge >= 0.3 is 6.18 Å². The van der Waals surface area contributed by atoms with Gasteiger partial charge in [-0.15, -0.1) is 0 Å². The average molecular weight is 415 g/mol. The van der Waals surface area contributed by atoms with E-state index in [2.05, 4.69) is 4.98 Å².